The van der Waals surface area contributed by atoms with E-state index in [2.05, 4.69) is 10.1 Å². The van der Waals surface area contributed by atoms with E-state index in [0.717, 1.165) is 26.6 Å². The van der Waals surface area contributed by atoms with Crippen LogP contribution in [0.4, 0.5) is 11.4 Å². The minimum Gasteiger partial charge on any atom is -0.452 e. The van der Waals surface area contributed by atoms with Gasteiger partial charge in [0.05, 0.1) is 23.1 Å². The molecule has 5 rings (SSSR count). The minimum absolute atomic E-state index is 0.156. The van der Waals surface area contributed by atoms with Crippen LogP contribution < -0.4 is 4.90 Å². The number of rotatable bonds is 4. The monoisotopic (exact) mass is 444 g/mol. The van der Waals surface area contributed by atoms with Gasteiger partial charge < -0.3 is 4.74 Å². The molecule has 1 aliphatic heterocycles. The van der Waals surface area contributed by atoms with Gasteiger partial charge in [-0.05, 0) is 44.2 Å². The smallest absolute Gasteiger partial charge is 0.340 e. The SMILES string of the molecule is CC(C)n1ncc2cc(C(=O)OCC(=O)N3c4ccccc4Sc4ccccc43)cnc21. The van der Waals surface area contributed by atoms with E-state index in [-0.39, 0.29) is 24.1 Å². The van der Waals surface area contributed by atoms with Crippen LogP contribution in [0.3, 0.4) is 0 Å². The van der Waals surface area contributed by atoms with E-state index in [1.54, 1.807) is 33.6 Å². The van der Waals surface area contributed by atoms with E-state index in [9.17, 15) is 9.59 Å². The second-order valence-electron chi connectivity index (χ2n) is 7.66. The van der Waals surface area contributed by atoms with Gasteiger partial charge in [-0.15, -0.1) is 0 Å². The Hall–Kier alpha value is -3.65. The molecule has 0 bridgehead atoms. The van der Waals surface area contributed by atoms with Crippen LogP contribution in [0.5, 0.6) is 0 Å². The number of fused-ring (bicyclic) bond motifs is 3. The van der Waals surface area contributed by atoms with Gasteiger partial charge >= 0.3 is 5.97 Å². The van der Waals surface area contributed by atoms with Crippen molar-refractivity contribution in [2.24, 2.45) is 0 Å². The summed E-state index contributed by atoms with van der Waals surface area (Å²) in [4.78, 5) is 33.7. The summed E-state index contributed by atoms with van der Waals surface area (Å²) in [6.07, 6.45) is 3.13. The van der Waals surface area contributed by atoms with Crippen LogP contribution in [0.25, 0.3) is 11.0 Å². The van der Waals surface area contributed by atoms with E-state index in [0.29, 0.717) is 5.65 Å². The van der Waals surface area contributed by atoms with Gasteiger partial charge in [-0.3, -0.25) is 9.69 Å². The molecule has 160 valence electrons. The van der Waals surface area contributed by atoms with Crippen molar-refractivity contribution in [3.05, 3.63) is 72.6 Å². The summed E-state index contributed by atoms with van der Waals surface area (Å²) in [5.41, 5.74) is 2.54. The van der Waals surface area contributed by atoms with Crippen molar-refractivity contribution in [2.75, 3.05) is 11.5 Å². The third-order valence-corrected chi connectivity index (χ3v) is 6.30. The molecule has 0 spiro atoms. The van der Waals surface area contributed by atoms with Gasteiger partial charge in [0.1, 0.15) is 0 Å². The van der Waals surface area contributed by atoms with Gasteiger partial charge in [0.2, 0.25) is 0 Å². The topological polar surface area (TPSA) is 77.3 Å². The molecule has 8 heteroatoms. The number of aromatic nitrogens is 3. The molecule has 2 aromatic heterocycles. The minimum atomic E-state index is -0.599. The lowest BCUT2D eigenvalue weighted by Gasteiger charge is -2.30. The van der Waals surface area contributed by atoms with Gasteiger partial charge in [0, 0.05) is 27.4 Å². The molecule has 0 aliphatic carbocycles. The molecule has 0 N–H and O–H groups in total. The summed E-state index contributed by atoms with van der Waals surface area (Å²) in [6.45, 7) is 3.64. The van der Waals surface area contributed by atoms with Gasteiger partial charge in [-0.25, -0.2) is 14.5 Å². The highest BCUT2D eigenvalue weighted by Crippen LogP contribution is 2.47. The first-order valence-electron chi connectivity index (χ1n) is 10.2. The van der Waals surface area contributed by atoms with Crippen LogP contribution in [-0.4, -0.2) is 33.2 Å². The molecule has 0 saturated carbocycles. The number of hydrogen-bond acceptors (Lipinski definition) is 6. The molecule has 0 fully saturated rings. The number of nitrogens with zero attached hydrogens (tertiary/aromatic N) is 4. The zero-order chi connectivity index (χ0) is 22.2. The second-order valence-corrected chi connectivity index (χ2v) is 8.75. The standard InChI is InChI=1S/C24H20N4O3S/c1-15(2)28-23-16(13-26-28)11-17(12-25-23)24(30)31-14-22(29)27-18-7-3-5-9-20(18)32-21-10-6-4-8-19(21)27/h3-13,15H,14H2,1-2H3. The van der Waals surface area contributed by atoms with Crippen molar-refractivity contribution in [3.63, 3.8) is 0 Å². The quantitative estimate of drug-likeness (QED) is 0.412. The molecule has 7 nitrogen and oxygen atoms in total. The normalized spacial score (nSPS) is 12.5. The van der Waals surface area contributed by atoms with Crippen molar-refractivity contribution in [2.45, 2.75) is 29.7 Å². The predicted octanol–water partition coefficient (Wildman–Crippen LogP) is 5.00. The van der Waals surface area contributed by atoms with E-state index in [1.807, 2.05) is 62.4 Å². The first-order chi connectivity index (χ1) is 15.5. The highest BCUT2D eigenvalue weighted by Gasteiger charge is 2.28. The van der Waals surface area contributed by atoms with Crippen LogP contribution >= 0.6 is 11.8 Å². The molecule has 2 aromatic carbocycles. The number of ether oxygens (including phenoxy) is 1. The van der Waals surface area contributed by atoms with Gasteiger partial charge in [0.25, 0.3) is 5.91 Å². The molecule has 0 radical (unpaired) electrons. The largest absolute Gasteiger partial charge is 0.452 e. The van der Waals surface area contributed by atoms with Gasteiger partial charge in [-0.1, -0.05) is 36.0 Å². The number of anilines is 2. The summed E-state index contributed by atoms with van der Waals surface area (Å²) in [5, 5.41) is 5.06. The molecule has 1 amide bonds. The number of hydrogen-bond donors (Lipinski definition) is 0. The highest BCUT2D eigenvalue weighted by molar-refractivity contribution is 7.99. The van der Waals surface area contributed by atoms with Crippen LogP contribution in [0.2, 0.25) is 0 Å². The van der Waals surface area contributed by atoms with E-state index < -0.39 is 5.97 Å². The lowest BCUT2D eigenvalue weighted by atomic mass is 10.2. The zero-order valence-electron chi connectivity index (χ0n) is 17.6. The third-order valence-electron chi connectivity index (χ3n) is 5.17. The number of esters is 1. The van der Waals surface area contributed by atoms with Crippen molar-refractivity contribution in [1.82, 2.24) is 14.8 Å². The van der Waals surface area contributed by atoms with Crippen LogP contribution in [-0.2, 0) is 9.53 Å². The number of carbonyl (C=O) groups excluding carboxylic acids is 2. The average Bonchev–Trinajstić information content (AvgIpc) is 3.24. The Morgan fingerprint density at radius 2 is 1.66 bits per heavy atom. The lowest BCUT2D eigenvalue weighted by molar-refractivity contribution is -0.121. The third kappa shape index (κ3) is 3.52. The van der Waals surface area contributed by atoms with Gasteiger partial charge in [0.15, 0.2) is 12.3 Å². The fourth-order valence-corrected chi connectivity index (χ4v) is 4.74. The Morgan fingerprint density at radius 3 is 2.31 bits per heavy atom. The molecule has 1 aliphatic rings. The first-order valence-corrected chi connectivity index (χ1v) is 11.0. The van der Waals surface area contributed by atoms with E-state index in [4.69, 9.17) is 4.74 Å². The highest BCUT2D eigenvalue weighted by atomic mass is 32.2. The number of carbonyl (C=O) groups is 2. The van der Waals surface area contributed by atoms with Crippen molar-refractivity contribution >= 4 is 46.0 Å². The summed E-state index contributed by atoms with van der Waals surface area (Å²) >= 11 is 1.61. The second kappa shape index (κ2) is 8.12. The number of amides is 1. The molecule has 0 saturated heterocycles. The lowest BCUT2D eigenvalue weighted by Crippen LogP contribution is -2.32. The maximum absolute atomic E-state index is 13.2. The summed E-state index contributed by atoms with van der Waals surface area (Å²) < 4.78 is 7.16. The van der Waals surface area contributed by atoms with Crippen LogP contribution in [0.1, 0.15) is 30.2 Å². The summed E-state index contributed by atoms with van der Waals surface area (Å²) in [6, 6.07) is 17.2. The van der Waals surface area contributed by atoms with E-state index in [1.165, 1.54) is 6.20 Å². The first kappa shape index (κ1) is 20.3. The van der Waals surface area contributed by atoms with E-state index >= 15 is 0 Å². The molecule has 32 heavy (non-hydrogen) atoms. The predicted molar refractivity (Wildman–Crippen MR) is 122 cm³/mol. The number of benzene rings is 2. The van der Waals surface area contributed by atoms with Crippen LogP contribution in [0.15, 0.2) is 76.8 Å². The van der Waals surface area contributed by atoms with Crippen molar-refractivity contribution in [3.8, 4) is 0 Å². The summed E-state index contributed by atoms with van der Waals surface area (Å²) in [5.74, 6) is -0.918. The molecule has 0 unspecified atom stereocenters. The number of para-hydroxylation sites is 2. The molecule has 0 atom stereocenters. The Morgan fingerprint density at radius 1 is 1.00 bits per heavy atom. The van der Waals surface area contributed by atoms with Crippen LogP contribution in [0, 0.1) is 0 Å². The number of pyridine rings is 1. The Bertz CT molecular complexity index is 1300. The Balaban J connectivity index is 1.36. The maximum Gasteiger partial charge on any atom is 0.340 e. The average molecular weight is 445 g/mol. The van der Waals surface area contributed by atoms with Gasteiger partial charge in [-0.2, -0.15) is 5.10 Å². The maximum atomic E-state index is 13.2. The van der Waals surface area contributed by atoms with Crippen molar-refractivity contribution in [1.29, 1.82) is 0 Å². The molecule has 4 aromatic rings. The Kier molecular flexibility index (Phi) is 5.14. The fourth-order valence-electron chi connectivity index (χ4n) is 3.68. The van der Waals surface area contributed by atoms with Crippen molar-refractivity contribution < 1.29 is 14.3 Å². The fraction of sp³-hybridized carbons (Fsp3) is 0.167. The molecular formula is C24H20N4O3S. The zero-order valence-corrected chi connectivity index (χ0v) is 18.4. The summed E-state index contributed by atoms with van der Waals surface area (Å²) in [7, 11) is 0. The molecule has 3 heterocycles. The molecular weight excluding hydrogens is 424 g/mol. The Labute approximate surface area is 189 Å².